The summed E-state index contributed by atoms with van der Waals surface area (Å²) in [6, 6.07) is 9.44. The van der Waals surface area contributed by atoms with Gasteiger partial charge in [0.1, 0.15) is 40.8 Å². The van der Waals surface area contributed by atoms with Crippen molar-refractivity contribution in [1.29, 1.82) is 0 Å². The molecule has 0 bridgehead atoms. The maximum Gasteiger partial charge on any atom is 0.337 e. The second kappa shape index (κ2) is 9.77. The van der Waals surface area contributed by atoms with E-state index in [1.807, 2.05) is 6.92 Å². The molecule has 3 aromatic heterocycles. The van der Waals surface area contributed by atoms with Crippen molar-refractivity contribution in [2.24, 2.45) is 0 Å². The first-order chi connectivity index (χ1) is 17.8. The maximum absolute atomic E-state index is 13.7. The fourth-order valence-electron chi connectivity index (χ4n) is 4.90. The number of hydrogen-bond donors (Lipinski definition) is 2. The van der Waals surface area contributed by atoms with Crippen LogP contribution in [0, 0.1) is 0 Å². The Morgan fingerprint density at radius 2 is 2.00 bits per heavy atom. The third kappa shape index (κ3) is 4.48. The molecule has 1 aliphatic heterocycles. The van der Waals surface area contributed by atoms with Crippen LogP contribution in [-0.4, -0.2) is 61.4 Å². The molecule has 1 saturated heterocycles. The van der Waals surface area contributed by atoms with E-state index in [1.165, 1.54) is 13.4 Å². The summed E-state index contributed by atoms with van der Waals surface area (Å²) in [4.78, 5) is 53.4. The van der Waals surface area contributed by atoms with Gasteiger partial charge in [0.25, 0.3) is 0 Å². The van der Waals surface area contributed by atoms with Gasteiger partial charge in [0.05, 0.1) is 23.6 Å². The van der Waals surface area contributed by atoms with Crippen molar-refractivity contribution in [3.63, 3.8) is 0 Å². The zero-order valence-electron chi connectivity index (χ0n) is 20.1. The molecule has 1 aliphatic rings. The Morgan fingerprint density at radius 1 is 1.19 bits per heavy atom. The number of carbonyl (C=O) groups excluding carboxylic acids is 3. The smallest absolute Gasteiger partial charge is 0.337 e. The molecule has 1 fully saturated rings. The summed E-state index contributed by atoms with van der Waals surface area (Å²) in [5.74, 6) is -0.399. The molecule has 3 N–H and O–H groups in total. The highest BCUT2D eigenvalue weighted by Gasteiger charge is 2.39. The highest BCUT2D eigenvalue weighted by atomic mass is 79.9. The molecular formula is C25H24BrN7O4. The number of ether oxygens (including phenoxy) is 1. The zero-order valence-corrected chi connectivity index (χ0v) is 21.7. The van der Waals surface area contributed by atoms with Crippen LogP contribution < -0.4 is 11.1 Å². The minimum Gasteiger partial charge on any atom is -0.465 e. The van der Waals surface area contributed by atoms with Gasteiger partial charge in [-0.2, -0.15) is 0 Å². The predicted octanol–water partition coefficient (Wildman–Crippen LogP) is 3.13. The number of amides is 2. The Morgan fingerprint density at radius 3 is 2.76 bits per heavy atom. The number of methoxy groups -OCH3 is 1. The predicted molar refractivity (Wildman–Crippen MR) is 141 cm³/mol. The average molecular weight is 566 g/mol. The van der Waals surface area contributed by atoms with Crippen molar-refractivity contribution in [2.75, 3.05) is 18.2 Å². The number of likely N-dealkylation sites (tertiary alicyclic amines) is 1. The lowest BCUT2D eigenvalue weighted by molar-refractivity contribution is -0.138. The third-order valence-electron chi connectivity index (χ3n) is 6.61. The fraction of sp³-hybridized carbons (Fsp3) is 0.280. The lowest BCUT2D eigenvalue weighted by atomic mass is 10.1. The number of pyridine rings is 1. The van der Waals surface area contributed by atoms with Crippen LogP contribution in [0.1, 0.15) is 30.1 Å². The molecule has 0 aliphatic carbocycles. The van der Waals surface area contributed by atoms with E-state index in [4.69, 9.17) is 10.5 Å². The quantitative estimate of drug-likeness (QED) is 0.277. The Hall–Kier alpha value is -4.06. The van der Waals surface area contributed by atoms with Crippen molar-refractivity contribution in [2.45, 2.75) is 38.4 Å². The molecule has 2 atom stereocenters. The summed E-state index contributed by atoms with van der Waals surface area (Å²) in [5.41, 5.74) is 7.54. The molecule has 0 unspecified atom stereocenters. The van der Waals surface area contributed by atoms with Crippen LogP contribution in [-0.2, 0) is 20.9 Å². The first kappa shape index (κ1) is 24.6. The molecule has 4 aromatic rings. The summed E-state index contributed by atoms with van der Waals surface area (Å²) in [5, 5.41) is 4.11. The molecule has 5 rings (SSSR count). The van der Waals surface area contributed by atoms with Gasteiger partial charge in [0, 0.05) is 11.4 Å². The van der Waals surface area contributed by atoms with Gasteiger partial charge < -0.3 is 25.3 Å². The number of fused-ring (bicyclic) bond motifs is 3. The summed E-state index contributed by atoms with van der Waals surface area (Å²) >= 11 is 3.30. The van der Waals surface area contributed by atoms with Gasteiger partial charge in [-0.25, -0.2) is 19.7 Å². The van der Waals surface area contributed by atoms with Crippen LogP contribution in [0.2, 0.25) is 0 Å². The van der Waals surface area contributed by atoms with Crippen LogP contribution >= 0.6 is 15.9 Å². The monoisotopic (exact) mass is 565 g/mol. The molecule has 190 valence electrons. The van der Waals surface area contributed by atoms with Gasteiger partial charge in [0.15, 0.2) is 0 Å². The Labute approximate surface area is 220 Å². The van der Waals surface area contributed by atoms with Gasteiger partial charge in [0.2, 0.25) is 11.8 Å². The molecule has 1 aromatic carbocycles. The number of nitrogens with zero attached hydrogens (tertiary/aromatic N) is 5. The highest BCUT2D eigenvalue weighted by molar-refractivity contribution is 9.10. The van der Waals surface area contributed by atoms with Crippen LogP contribution in [0.4, 0.5) is 11.6 Å². The zero-order chi connectivity index (χ0) is 26.3. The highest BCUT2D eigenvalue weighted by Crippen LogP contribution is 2.33. The lowest BCUT2D eigenvalue weighted by Crippen LogP contribution is -2.47. The van der Waals surface area contributed by atoms with E-state index in [9.17, 15) is 14.4 Å². The van der Waals surface area contributed by atoms with Crippen LogP contribution in [0.15, 0.2) is 47.3 Å². The molecule has 0 spiro atoms. The molecule has 12 heteroatoms. The second-order valence-electron chi connectivity index (χ2n) is 8.85. The molecule has 4 heterocycles. The average Bonchev–Trinajstić information content (AvgIpc) is 3.42. The number of esters is 1. The number of aromatic nitrogens is 4. The third-order valence-corrected chi connectivity index (χ3v) is 7.05. The number of nitrogens with two attached hydrogens (primary N) is 1. The van der Waals surface area contributed by atoms with Crippen LogP contribution in [0.25, 0.3) is 21.9 Å². The SMILES string of the molecule is COC(=O)c1ccc2c3c(N)ncnc3n(CC(=O)N3[C@H](C)CC[C@H]3C(=O)Nc3cccc(Br)n3)c2c1. The van der Waals surface area contributed by atoms with E-state index in [0.29, 0.717) is 50.8 Å². The maximum atomic E-state index is 13.7. The molecule has 37 heavy (non-hydrogen) atoms. The summed E-state index contributed by atoms with van der Waals surface area (Å²) < 4.78 is 7.16. The Kier molecular flexibility index (Phi) is 6.50. The topological polar surface area (TPSA) is 145 Å². The minimum atomic E-state index is -0.651. The van der Waals surface area contributed by atoms with Gasteiger partial charge in [-0.15, -0.1) is 0 Å². The molecule has 0 saturated carbocycles. The number of halogens is 1. The van der Waals surface area contributed by atoms with Gasteiger partial charge in [-0.05, 0) is 60.0 Å². The van der Waals surface area contributed by atoms with E-state index < -0.39 is 12.0 Å². The molecular weight excluding hydrogens is 542 g/mol. The van der Waals surface area contributed by atoms with Crippen molar-refractivity contribution in [3.8, 4) is 0 Å². The largest absolute Gasteiger partial charge is 0.465 e. The van der Waals surface area contributed by atoms with Gasteiger partial charge in [-0.1, -0.05) is 12.1 Å². The van der Waals surface area contributed by atoms with Crippen LogP contribution in [0.3, 0.4) is 0 Å². The number of hydrogen-bond acceptors (Lipinski definition) is 8. The Bertz CT molecular complexity index is 1550. The van der Waals surface area contributed by atoms with E-state index in [2.05, 4.69) is 36.2 Å². The number of nitrogen functional groups attached to an aromatic ring is 1. The number of benzene rings is 1. The van der Waals surface area contributed by atoms with Crippen molar-refractivity contribution in [3.05, 3.63) is 52.9 Å². The van der Waals surface area contributed by atoms with Gasteiger partial charge >= 0.3 is 5.97 Å². The van der Waals surface area contributed by atoms with E-state index in [1.54, 1.807) is 45.9 Å². The number of carbonyl (C=O) groups is 3. The van der Waals surface area contributed by atoms with E-state index >= 15 is 0 Å². The first-order valence-corrected chi connectivity index (χ1v) is 12.4. The summed E-state index contributed by atoms with van der Waals surface area (Å²) in [6.45, 7) is 1.81. The number of rotatable bonds is 5. The molecule has 2 amide bonds. The summed E-state index contributed by atoms with van der Waals surface area (Å²) in [7, 11) is 1.30. The fourth-order valence-corrected chi connectivity index (χ4v) is 5.25. The van der Waals surface area contributed by atoms with E-state index in [-0.39, 0.29) is 30.2 Å². The summed E-state index contributed by atoms with van der Waals surface area (Å²) in [6.07, 6.45) is 2.55. The molecule has 11 nitrogen and oxygen atoms in total. The van der Waals surface area contributed by atoms with Crippen molar-refractivity contribution < 1.29 is 19.1 Å². The first-order valence-electron chi connectivity index (χ1n) is 11.6. The Balaban J connectivity index is 1.50. The van der Waals surface area contributed by atoms with Gasteiger partial charge in [-0.3, -0.25) is 9.59 Å². The van der Waals surface area contributed by atoms with E-state index in [0.717, 1.165) is 0 Å². The number of anilines is 2. The molecule has 0 radical (unpaired) electrons. The normalized spacial score (nSPS) is 17.3. The van der Waals surface area contributed by atoms with Crippen molar-refractivity contribution in [1.82, 2.24) is 24.4 Å². The second-order valence-corrected chi connectivity index (χ2v) is 9.66. The van der Waals surface area contributed by atoms with Crippen LogP contribution in [0.5, 0.6) is 0 Å². The standard InChI is InChI=1S/C25H24BrN7O4/c1-13-6-9-16(24(35)31-19-5-3-4-18(26)30-19)33(13)20(34)11-32-17-10-14(25(36)37-2)7-8-15(17)21-22(27)28-12-29-23(21)32/h3-5,7-8,10,12-13,16H,6,9,11H2,1-2H3,(H2,27,28,29)(H,30,31,35)/t13-,16+/m1/s1. The van der Waals surface area contributed by atoms with Crippen molar-refractivity contribution >= 4 is 67.3 Å². The lowest BCUT2D eigenvalue weighted by Gasteiger charge is -2.28. The minimum absolute atomic E-state index is 0.107. The number of nitrogens with one attached hydrogen (secondary N) is 1.